The highest BCUT2D eigenvalue weighted by atomic mass is 35.5. The molecule has 0 aromatic heterocycles. The molecule has 0 radical (unpaired) electrons. The Kier molecular flexibility index (Phi) is 5.88. The molecule has 1 aromatic carbocycles. The molecule has 1 saturated heterocycles. The van der Waals surface area contributed by atoms with Crippen LogP contribution in [0.5, 0.6) is 0 Å². The lowest BCUT2D eigenvalue weighted by Gasteiger charge is -2.28. The van der Waals surface area contributed by atoms with Gasteiger partial charge in [-0.25, -0.2) is 0 Å². The predicted octanol–water partition coefficient (Wildman–Crippen LogP) is 4.14. The molecule has 2 atom stereocenters. The van der Waals surface area contributed by atoms with Crippen molar-refractivity contribution in [3.8, 4) is 0 Å². The van der Waals surface area contributed by atoms with Crippen LogP contribution in [0.2, 0.25) is 0 Å². The van der Waals surface area contributed by atoms with Gasteiger partial charge in [-0.05, 0) is 48.4 Å². The fourth-order valence-corrected chi connectivity index (χ4v) is 3.03. The maximum atomic E-state index is 5.91. The number of hydrogen-bond acceptors (Lipinski definition) is 2. The van der Waals surface area contributed by atoms with Crippen molar-refractivity contribution in [3.05, 3.63) is 35.4 Å². The zero-order valence-corrected chi connectivity index (χ0v) is 15.0. The Bertz CT molecular complexity index is 449. The summed E-state index contributed by atoms with van der Waals surface area (Å²) in [4.78, 5) is 2.57. The molecule has 0 amide bonds. The van der Waals surface area contributed by atoms with Gasteiger partial charge in [0.1, 0.15) is 0 Å². The van der Waals surface area contributed by atoms with Crippen molar-refractivity contribution in [2.75, 3.05) is 19.6 Å². The van der Waals surface area contributed by atoms with E-state index in [-0.39, 0.29) is 17.8 Å². The van der Waals surface area contributed by atoms with Crippen LogP contribution in [0.3, 0.4) is 0 Å². The first-order valence-corrected chi connectivity index (χ1v) is 7.80. The lowest BCUT2D eigenvalue weighted by Crippen LogP contribution is -2.32. The summed E-state index contributed by atoms with van der Waals surface area (Å²) in [5, 5.41) is 0. The molecule has 1 aliphatic heterocycles. The van der Waals surface area contributed by atoms with Gasteiger partial charge >= 0.3 is 0 Å². The first kappa shape index (κ1) is 18.5. The molecule has 1 heterocycles. The summed E-state index contributed by atoms with van der Waals surface area (Å²) >= 11 is 0. The molecule has 3 heteroatoms. The van der Waals surface area contributed by atoms with E-state index in [4.69, 9.17) is 5.73 Å². The first-order valence-electron chi connectivity index (χ1n) is 7.80. The quantitative estimate of drug-likeness (QED) is 0.909. The molecule has 0 aliphatic carbocycles. The van der Waals surface area contributed by atoms with E-state index in [0.29, 0.717) is 11.5 Å². The fraction of sp³-hybridized carbons (Fsp3) is 0.667. The summed E-state index contributed by atoms with van der Waals surface area (Å²) in [5.74, 6) is 0. The van der Waals surface area contributed by atoms with Crippen LogP contribution >= 0.6 is 12.4 Å². The normalized spacial score (nSPS) is 24.7. The predicted molar refractivity (Wildman–Crippen MR) is 94.2 cm³/mol. The van der Waals surface area contributed by atoms with Crippen molar-refractivity contribution in [3.63, 3.8) is 0 Å². The first-order chi connectivity index (χ1) is 9.25. The number of hydrogen-bond donors (Lipinski definition) is 1. The van der Waals surface area contributed by atoms with E-state index in [9.17, 15) is 0 Å². The van der Waals surface area contributed by atoms with Gasteiger partial charge in [-0.2, -0.15) is 0 Å². The Hall–Kier alpha value is -0.570. The molecule has 120 valence electrons. The highest BCUT2D eigenvalue weighted by molar-refractivity contribution is 5.85. The minimum atomic E-state index is 0. The molecule has 0 bridgehead atoms. The van der Waals surface area contributed by atoms with Gasteiger partial charge in [-0.1, -0.05) is 52.0 Å². The number of nitrogens with zero attached hydrogens (tertiary/aromatic N) is 1. The van der Waals surface area contributed by atoms with Crippen molar-refractivity contribution >= 4 is 12.4 Å². The summed E-state index contributed by atoms with van der Waals surface area (Å²) in [6, 6.07) is 9.64. The topological polar surface area (TPSA) is 29.3 Å². The lowest BCUT2D eigenvalue weighted by molar-refractivity contribution is 0.227. The molecule has 0 saturated carbocycles. The second-order valence-corrected chi connectivity index (χ2v) is 7.78. The zero-order chi connectivity index (χ0) is 15.0. The number of rotatable bonds is 3. The van der Waals surface area contributed by atoms with Gasteiger partial charge in [0.15, 0.2) is 0 Å². The third-order valence-electron chi connectivity index (χ3n) is 4.89. The van der Waals surface area contributed by atoms with Crippen LogP contribution in [-0.4, -0.2) is 24.5 Å². The molecule has 1 fully saturated rings. The highest BCUT2D eigenvalue weighted by Gasteiger charge is 2.34. The van der Waals surface area contributed by atoms with Crippen LogP contribution in [0, 0.1) is 5.41 Å². The number of benzene rings is 1. The van der Waals surface area contributed by atoms with Gasteiger partial charge in [0.25, 0.3) is 0 Å². The van der Waals surface area contributed by atoms with E-state index in [1.54, 1.807) is 0 Å². The van der Waals surface area contributed by atoms with Crippen LogP contribution in [0.1, 0.15) is 58.2 Å². The smallest absolute Gasteiger partial charge is 0.0320 e. The van der Waals surface area contributed by atoms with Gasteiger partial charge in [-0.15, -0.1) is 12.4 Å². The Morgan fingerprint density at radius 1 is 1.24 bits per heavy atom. The third kappa shape index (κ3) is 4.21. The molecule has 2 N–H and O–H groups in total. The standard InChI is InChI=1S/C18H30N2.ClH/c1-14(20-11-10-18(5,12-19)13-20)15-6-8-16(9-7-15)17(2,3)4;/h6-9,14H,10-13,19H2,1-5H3;1H. The van der Waals surface area contributed by atoms with E-state index in [2.05, 4.69) is 63.8 Å². The molecule has 1 aliphatic rings. The molecule has 2 nitrogen and oxygen atoms in total. The third-order valence-corrected chi connectivity index (χ3v) is 4.89. The second-order valence-electron chi connectivity index (χ2n) is 7.78. The van der Waals surface area contributed by atoms with Gasteiger partial charge in [-0.3, -0.25) is 4.90 Å². The summed E-state index contributed by atoms with van der Waals surface area (Å²) in [6.07, 6.45) is 1.22. The largest absolute Gasteiger partial charge is 0.330 e. The molecular formula is C18H31ClN2. The summed E-state index contributed by atoms with van der Waals surface area (Å²) < 4.78 is 0. The Morgan fingerprint density at radius 3 is 2.24 bits per heavy atom. The number of nitrogens with two attached hydrogens (primary N) is 1. The number of halogens is 1. The maximum Gasteiger partial charge on any atom is 0.0320 e. The number of likely N-dealkylation sites (tertiary alicyclic amines) is 1. The van der Waals surface area contributed by atoms with Crippen LogP contribution < -0.4 is 5.73 Å². The average Bonchev–Trinajstić information content (AvgIpc) is 2.80. The van der Waals surface area contributed by atoms with Crippen molar-refractivity contribution in [2.24, 2.45) is 11.1 Å². The van der Waals surface area contributed by atoms with Crippen molar-refractivity contribution < 1.29 is 0 Å². The monoisotopic (exact) mass is 310 g/mol. The van der Waals surface area contributed by atoms with E-state index in [0.717, 1.165) is 19.6 Å². The van der Waals surface area contributed by atoms with E-state index in [1.807, 2.05) is 0 Å². The molecule has 1 aromatic rings. The van der Waals surface area contributed by atoms with E-state index in [1.165, 1.54) is 17.5 Å². The van der Waals surface area contributed by atoms with Crippen LogP contribution in [0.4, 0.5) is 0 Å². The molecule has 2 unspecified atom stereocenters. The van der Waals surface area contributed by atoms with Crippen LogP contribution in [0.25, 0.3) is 0 Å². The van der Waals surface area contributed by atoms with Crippen molar-refractivity contribution in [1.29, 1.82) is 0 Å². The fourth-order valence-electron chi connectivity index (χ4n) is 3.03. The van der Waals surface area contributed by atoms with E-state index >= 15 is 0 Å². The minimum Gasteiger partial charge on any atom is -0.330 e. The van der Waals surface area contributed by atoms with E-state index < -0.39 is 0 Å². The summed E-state index contributed by atoms with van der Waals surface area (Å²) in [5.41, 5.74) is 9.27. The molecule has 21 heavy (non-hydrogen) atoms. The second kappa shape index (κ2) is 6.68. The summed E-state index contributed by atoms with van der Waals surface area (Å²) in [6.45, 7) is 14.5. The lowest BCUT2D eigenvalue weighted by atomic mass is 9.86. The maximum absolute atomic E-state index is 5.91. The van der Waals surface area contributed by atoms with Gasteiger partial charge in [0.05, 0.1) is 0 Å². The molecule has 0 spiro atoms. The van der Waals surface area contributed by atoms with Gasteiger partial charge in [0, 0.05) is 12.6 Å². The Balaban J connectivity index is 0.00000220. The minimum absolute atomic E-state index is 0. The highest BCUT2D eigenvalue weighted by Crippen LogP contribution is 2.34. The van der Waals surface area contributed by atoms with Crippen molar-refractivity contribution in [2.45, 2.75) is 52.5 Å². The van der Waals surface area contributed by atoms with Gasteiger partial charge < -0.3 is 5.73 Å². The van der Waals surface area contributed by atoms with Gasteiger partial charge in [0.2, 0.25) is 0 Å². The molecule has 2 rings (SSSR count). The van der Waals surface area contributed by atoms with Crippen LogP contribution in [-0.2, 0) is 5.41 Å². The summed E-state index contributed by atoms with van der Waals surface area (Å²) in [7, 11) is 0. The molecular weight excluding hydrogens is 280 g/mol. The average molecular weight is 311 g/mol. The van der Waals surface area contributed by atoms with Crippen LogP contribution in [0.15, 0.2) is 24.3 Å². The van der Waals surface area contributed by atoms with Crippen molar-refractivity contribution in [1.82, 2.24) is 4.90 Å². The zero-order valence-electron chi connectivity index (χ0n) is 14.1. The Labute approximate surface area is 136 Å². The Morgan fingerprint density at radius 2 is 1.81 bits per heavy atom. The SMILES string of the molecule is CC(c1ccc(C(C)(C)C)cc1)N1CCC(C)(CN)C1.Cl.